The highest BCUT2D eigenvalue weighted by Crippen LogP contribution is 2.23. The van der Waals surface area contributed by atoms with Crippen molar-refractivity contribution >= 4 is 0 Å². The van der Waals surface area contributed by atoms with E-state index in [1.807, 2.05) is 0 Å². The molecule has 2 unspecified atom stereocenters. The Balaban J connectivity index is 2.94. The second-order valence-corrected chi connectivity index (χ2v) is 2.66. The van der Waals surface area contributed by atoms with Gasteiger partial charge in [-0.25, -0.2) is 8.78 Å². The molecular formula is C9H10F2O. The van der Waals surface area contributed by atoms with Crippen molar-refractivity contribution in [3.8, 4) is 0 Å². The van der Waals surface area contributed by atoms with Gasteiger partial charge in [0.25, 0.3) is 0 Å². The van der Waals surface area contributed by atoms with Crippen LogP contribution in [0.3, 0.4) is 0 Å². The van der Waals surface area contributed by atoms with E-state index in [1.54, 1.807) is 0 Å². The molecule has 66 valence electrons. The summed E-state index contributed by atoms with van der Waals surface area (Å²) in [5.41, 5.74) is -0.0903. The van der Waals surface area contributed by atoms with Gasteiger partial charge in [-0.3, -0.25) is 0 Å². The summed E-state index contributed by atoms with van der Waals surface area (Å²) in [6.07, 6.45) is -2.83. The van der Waals surface area contributed by atoms with Crippen LogP contribution in [0, 0.1) is 5.82 Å². The molecule has 0 aliphatic rings. The third-order valence-electron chi connectivity index (χ3n) is 1.63. The molecule has 0 radical (unpaired) electrons. The van der Waals surface area contributed by atoms with E-state index >= 15 is 0 Å². The molecule has 0 saturated heterocycles. The summed E-state index contributed by atoms with van der Waals surface area (Å²) >= 11 is 0. The quantitative estimate of drug-likeness (QED) is 0.725. The first-order valence-corrected chi connectivity index (χ1v) is 3.69. The van der Waals surface area contributed by atoms with Crippen molar-refractivity contribution in [2.75, 3.05) is 0 Å². The first-order valence-electron chi connectivity index (χ1n) is 3.69. The van der Waals surface area contributed by atoms with E-state index in [4.69, 9.17) is 5.11 Å². The molecule has 0 spiro atoms. The van der Waals surface area contributed by atoms with E-state index in [0.29, 0.717) is 0 Å². The van der Waals surface area contributed by atoms with E-state index in [0.717, 1.165) is 0 Å². The predicted octanol–water partition coefficient (Wildman–Crippen LogP) is 2.22. The molecule has 0 aliphatic carbocycles. The van der Waals surface area contributed by atoms with Gasteiger partial charge >= 0.3 is 0 Å². The monoisotopic (exact) mass is 172 g/mol. The summed E-state index contributed by atoms with van der Waals surface area (Å²) in [4.78, 5) is 0. The lowest BCUT2D eigenvalue weighted by molar-refractivity contribution is 0.0910. The van der Waals surface area contributed by atoms with E-state index in [9.17, 15) is 8.78 Å². The minimum absolute atomic E-state index is 0.0903. The van der Waals surface area contributed by atoms with Crippen LogP contribution in [0.2, 0.25) is 0 Å². The highest BCUT2D eigenvalue weighted by molar-refractivity contribution is 5.20. The summed E-state index contributed by atoms with van der Waals surface area (Å²) in [7, 11) is 0. The Kier molecular flexibility index (Phi) is 2.76. The summed E-state index contributed by atoms with van der Waals surface area (Å²) in [6.45, 7) is 1.29. The van der Waals surface area contributed by atoms with Gasteiger partial charge in [0.2, 0.25) is 0 Å². The van der Waals surface area contributed by atoms with Gasteiger partial charge in [0, 0.05) is 5.56 Å². The Morgan fingerprint density at radius 3 is 2.42 bits per heavy atom. The molecule has 2 atom stereocenters. The van der Waals surface area contributed by atoms with Crippen molar-refractivity contribution in [3.05, 3.63) is 35.6 Å². The van der Waals surface area contributed by atoms with E-state index in [2.05, 4.69) is 0 Å². The average molecular weight is 172 g/mol. The summed E-state index contributed by atoms with van der Waals surface area (Å²) in [6, 6.07) is 5.51. The molecule has 0 fully saturated rings. The van der Waals surface area contributed by atoms with Crippen LogP contribution in [0.25, 0.3) is 0 Å². The number of alkyl halides is 1. The largest absolute Gasteiger partial charge is 0.390 e. The molecule has 0 saturated carbocycles. The molecule has 0 amide bonds. The fourth-order valence-corrected chi connectivity index (χ4v) is 0.959. The van der Waals surface area contributed by atoms with Gasteiger partial charge in [-0.1, -0.05) is 18.2 Å². The van der Waals surface area contributed by atoms with Crippen LogP contribution in [-0.4, -0.2) is 11.2 Å². The highest BCUT2D eigenvalue weighted by atomic mass is 19.1. The average Bonchev–Trinajstić information content (AvgIpc) is 2.04. The van der Waals surface area contributed by atoms with Crippen LogP contribution < -0.4 is 0 Å². The zero-order chi connectivity index (χ0) is 9.14. The third kappa shape index (κ3) is 1.80. The van der Waals surface area contributed by atoms with Crippen molar-refractivity contribution in [1.82, 2.24) is 0 Å². The van der Waals surface area contributed by atoms with Crippen molar-refractivity contribution in [2.24, 2.45) is 0 Å². The maximum Gasteiger partial charge on any atom is 0.153 e. The number of benzene rings is 1. The first-order chi connectivity index (χ1) is 5.63. The normalized spacial score (nSPS) is 15.7. The van der Waals surface area contributed by atoms with Gasteiger partial charge < -0.3 is 5.11 Å². The first kappa shape index (κ1) is 9.13. The van der Waals surface area contributed by atoms with Crippen LogP contribution in [0.5, 0.6) is 0 Å². The van der Waals surface area contributed by atoms with E-state index in [1.165, 1.54) is 31.2 Å². The summed E-state index contributed by atoms with van der Waals surface area (Å²) in [5.74, 6) is -0.620. The molecule has 1 nitrogen and oxygen atoms in total. The van der Waals surface area contributed by atoms with Gasteiger partial charge in [0.15, 0.2) is 6.17 Å². The number of aliphatic hydroxyl groups is 1. The lowest BCUT2D eigenvalue weighted by Crippen LogP contribution is -2.10. The second kappa shape index (κ2) is 3.63. The maximum atomic E-state index is 13.0. The summed E-state index contributed by atoms with van der Waals surface area (Å²) in [5, 5.41) is 8.86. The smallest absolute Gasteiger partial charge is 0.153 e. The van der Waals surface area contributed by atoms with Crippen LogP contribution in [0.15, 0.2) is 24.3 Å². The van der Waals surface area contributed by atoms with Gasteiger partial charge in [-0.05, 0) is 13.0 Å². The zero-order valence-corrected chi connectivity index (χ0v) is 6.67. The van der Waals surface area contributed by atoms with Crippen LogP contribution in [0.1, 0.15) is 18.7 Å². The molecule has 1 aromatic rings. The number of aliphatic hydroxyl groups excluding tert-OH is 1. The van der Waals surface area contributed by atoms with E-state index < -0.39 is 18.1 Å². The van der Waals surface area contributed by atoms with Gasteiger partial charge in [0.05, 0.1) is 6.10 Å². The molecule has 12 heavy (non-hydrogen) atoms. The molecule has 0 aromatic heterocycles. The highest BCUT2D eigenvalue weighted by Gasteiger charge is 2.18. The molecule has 1 N–H and O–H groups in total. The number of rotatable bonds is 2. The Hall–Kier alpha value is -0.960. The Bertz CT molecular complexity index is 260. The van der Waals surface area contributed by atoms with Crippen LogP contribution >= 0.6 is 0 Å². The SMILES string of the molecule is CC(O)C(F)c1ccccc1F. The topological polar surface area (TPSA) is 20.2 Å². The fraction of sp³-hybridized carbons (Fsp3) is 0.333. The molecular weight excluding hydrogens is 162 g/mol. The Labute approximate surface area is 69.7 Å². The minimum atomic E-state index is -1.65. The minimum Gasteiger partial charge on any atom is -0.390 e. The lowest BCUT2D eigenvalue weighted by atomic mass is 10.1. The third-order valence-corrected chi connectivity index (χ3v) is 1.63. The summed E-state index contributed by atoms with van der Waals surface area (Å²) < 4.78 is 25.9. The van der Waals surface area contributed by atoms with Crippen molar-refractivity contribution in [2.45, 2.75) is 19.2 Å². The number of hydrogen-bond acceptors (Lipinski definition) is 1. The van der Waals surface area contributed by atoms with Crippen LogP contribution in [0.4, 0.5) is 8.78 Å². The lowest BCUT2D eigenvalue weighted by Gasteiger charge is -2.11. The molecule has 0 aliphatic heterocycles. The van der Waals surface area contributed by atoms with E-state index in [-0.39, 0.29) is 5.56 Å². The zero-order valence-electron chi connectivity index (χ0n) is 6.67. The Morgan fingerprint density at radius 1 is 1.33 bits per heavy atom. The molecule has 3 heteroatoms. The van der Waals surface area contributed by atoms with Gasteiger partial charge in [0.1, 0.15) is 5.82 Å². The molecule has 0 bridgehead atoms. The Morgan fingerprint density at radius 2 is 1.92 bits per heavy atom. The van der Waals surface area contributed by atoms with Crippen LogP contribution in [-0.2, 0) is 0 Å². The number of hydrogen-bond donors (Lipinski definition) is 1. The van der Waals surface area contributed by atoms with Gasteiger partial charge in [-0.15, -0.1) is 0 Å². The van der Waals surface area contributed by atoms with Gasteiger partial charge in [-0.2, -0.15) is 0 Å². The van der Waals surface area contributed by atoms with Crippen molar-refractivity contribution < 1.29 is 13.9 Å². The molecule has 1 rings (SSSR count). The maximum absolute atomic E-state index is 13.0. The second-order valence-electron chi connectivity index (χ2n) is 2.66. The fourth-order valence-electron chi connectivity index (χ4n) is 0.959. The molecule has 1 aromatic carbocycles. The van der Waals surface area contributed by atoms with Crippen molar-refractivity contribution in [1.29, 1.82) is 0 Å². The standard InChI is InChI=1S/C9H10F2O/c1-6(12)9(11)7-4-2-3-5-8(7)10/h2-6,9,12H,1H3. The predicted molar refractivity (Wildman–Crippen MR) is 41.9 cm³/mol. The molecule has 0 heterocycles. The van der Waals surface area contributed by atoms with Crippen molar-refractivity contribution in [3.63, 3.8) is 0 Å². The number of halogens is 2.